The van der Waals surface area contributed by atoms with Crippen LogP contribution in [-0.2, 0) is 16.0 Å². The maximum atomic E-state index is 13.4. The molecular weight excluding hydrogens is 424 g/mol. The van der Waals surface area contributed by atoms with Crippen molar-refractivity contribution >= 4 is 11.5 Å². The van der Waals surface area contributed by atoms with Gasteiger partial charge in [0.2, 0.25) is 5.91 Å². The van der Waals surface area contributed by atoms with Crippen LogP contribution in [0.25, 0.3) is 5.57 Å². The van der Waals surface area contributed by atoms with Crippen molar-refractivity contribution in [1.82, 2.24) is 10.2 Å². The lowest BCUT2D eigenvalue weighted by molar-refractivity contribution is -0.226. The normalized spacial score (nSPS) is 45.0. The van der Waals surface area contributed by atoms with Gasteiger partial charge in [0, 0.05) is 49.1 Å². The number of amides is 1. The fraction of sp³-hybridized carbons (Fsp3) is 0.690. The van der Waals surface area contributed by atoms with Crippen LogP contribution in [-0.4, -0.2) is 53.0 Å². The first-order chi connectivity index (χ1) is 16.5. The van der Waals surface area contributed by atoms with Crippen LogP contribution in [0.5, 0.6) is 0 Å². The highest BCUT2D eigenvalue weighted by Gasteiger charge is 2.64. The number of nitrogens with zero attached hydrogens (tertiary/aromatic N) is 1. The third kappa shape index (κ3) is 2.81. The Bertz CT molecular complexity index is 1050. The van der Waals surface area contributed by atoms with Gasteiger partial charge in [-0.2, -0.15) is 0 Å². The second-order valence-electron chi connectivity index (χ2n) is 12.1. The first kappa shape index (κ1) is 21.6. The zero-order valence-electron chi connectivity index (χ0n) is 20.5. The van der Waals surface area contributed by atoms with Gasteiger partial charge in [-0.15, -0.1) is 0 Å². The summed E-state index contributed by atoms with van der Waals surface area (Å²) in [7, 11) is 0. The summed E-state index contributed by atoms with van der Waals surface area (Å²) >= 11 is 0. The number of hydrogen-bond acceptors (Lipinski definition) is 4. The zero-order valence-corrected chi connectivity index (χ0v) is 20.5. The average Bonchev–Trinajstić information content (AvgIpc) is 3.31. The van der Waals surface area contributed by atoms with Crippen LogP contribution in [0.3, 0.4) is 0 Å². The Hall–Kier alpha value is -1.69. The maximum absolute atomic E-state index is 13.4. The predicted molar refractivity (Wildman–Crippen MR) is 131 cm³/mol. The summed E-state index contributed by atoms with van der Waals surface area (Å²) in [5.74, 6) is 2.34. The minimum atomic E-state index is -0.472. The molecule has 0 radical (unpaired) electrons. The van der Waals surface area contributed by atoms with Gasteiger partial charge in [0.05, 0.1) is 6.10 Å². The van der Waals surface area contributed by atoms with Crippen LogP contribution in [0.4, 0.5) is 0 Å². The number of rotatable bonds is 2. The molecule has 2 bridgehead atoms. The summed E-state index contributed by atoms with van der Waals surface area (Å²) in [5, 5.41) is 13.5. The van der Waals surface area contributed by atoms with Gasteiger partial charge >= 0.3 is 0 Å². The monoisotopic (exact) mass is 462 g/mol. The molecule has 0 spiro atoms. The SMILES string of the molecule is CC1OC(C)(CCO)N2C3CCCCC3C3C4CNC(=O)C4=C4c5ccccc5CC1CC4C32. The molecular formula is C29H38N2O3. The third-order valence-corrected chi connectivity index (χ3v) is 10.6. The van der Waals surface area contributed by atoms with Gasteiger partial charge in [0.1, 0.15) is 5.72 Å². The second kappa shape index (κ2) is 7.65. The van der Waals surface area contributed by atoms with Gasteiger partial charge in [0.15, 0.2) is 0 Å². The molecule has 3 aliphatic heterocycles. The van der Waals surface area contributed by atoms with E-state index in [9.17, 15) is 9.90 Å². The highest BCUT2D eigenvalue weighted by Crippen LogP contribution is 2.62. The summed E-state index contributed by atoms with van der Waals surface area (Å²) in [6.07, 6.45) is 7.86. The molecule has 3 saturated heterocycles. The highest BCUT2D eigenvalue weighted by molar-refractivity contribution is 6.05. The number of nitrogens with one attached hydrogen (secondary N) is 1. The molecule has 9 unspecified atom stereocenters. The Labute approximate surface area is 202 Å². The zero-order chi connectivity index (χ0) is 23.2. The molecule has 1 aromatic rings. The lowest BCUT2D eigenvalue weighted by Crippen LogP contribution is -2.61. The van der Waals surface area contributed by atoms with Crippen LogP contribution < -0.4 is 5.32 Å². The molecule has 34 heavy (non-hydrogen) atoms. The van der Waals surface area contributed by atoms with Crippen molar-refractivity contribution in [3.05, 3.63) is 41.0 Å². The van der Waals surface area contributed by atoms with Crippen molar-refractivity contribution < 1.29 is 14.6 Å². The number of benzene rings is 1. The van der Waals surface area contributed by atoms with Crippen LogP contribution in [0.1, 0.15) is 63.5 Å². The topological polar surface area (TPSA) is 61.8 Å². The Kier molecular flexibility index (Phi) is 4.86. The molecule has 5 nitrogen and oxygen atoms in total. The van der Waals surface area contributed by atoms with Gasteiger partial charge in [0.25, 0.3) is 0 Å². The number of hydrogen-bond donors (Lipinski definition) is 2. The van der Waals surface area contributed by atoms with E-state index in [-0.39, 0.29) is 18.6 Å². The first-order valence-corrected chi connectivity index (χ1v) is 13.7. The van der Waals surface area contributed by atoms with Gasteiger partial charge in [-0.25, -0.2) is 0 Å². The molecule has 7 rings (SSSR count). The minimum Gasteiger partial charge on any atom is -0.396 e. The van der Waals surface area contributed by atoms with Gasteiger partial charge in [-0.3, -0.25) is 9.69 Å². The van der Waals surface area contributed by atoms with Crippen LogP contribution in [0, 0.1) is 29.6 Å². The molecule has 2 N–H and O–H groups in total. The van der Waals surface area contributed by atoms with E-state index in [0.29, 0.717) is 48.1 Å². The summed E-state index contributed by atoms with van der Waals surface area (Å²) < 4.78 is 7.05. The summed E-state index contributed by atoms with van der Waals surface area (Å²) in [4.78, 5) is 16.2. The number of carbonyl (C=O) groups is 1. The predicted octanol–water partition coefficient (Wildman–Crippen LogP) is 3.75. The fourth-order valence-electron chi connectivity index (χ4n) is 9.41. The molecule has 1 aromatic carbocycles. The van der Waals surface area contributed by atoms with E-state index in [0.717, 1.165) is 25.0 Å². The van der Waals surface area contributed by atoms with Gasteiger partial charge in [-0.1, -0.05) is 37.1 Å². The maximum Gasteiger partial charge on any atom is 0.247 e. The number of aliphatic hydroxyl groups excluding tert-OH is 1. The van der Waals surface area contributed by atoms with Crippen molar-refractivity contribution in [2.75, 3.05) is 13.2 Å². The third-order valence-electron chi connectivity index (χ3n) is 10.6. The van der Waals surface area contributed by atoms with Gasteiger partial charge in [-0.05, 0) is 74.0 Å². The van der Waals surface area contributed by atoms with Crippen molar-refractivity contribution in [1.29, 1.82) is 0 Å². The summed E-state index contributed by atoms with van der Waals surface area (Å²) in [6, 6.07) is 9.71. The fourth-order valence-corrected chi connectivity index (χ4v) is 9.41. The molecule has 9 atom stereocenters. The summed E-state index contributed by atoms with van der Waals surface area (Å²) in [6.45, 7) is 5.43. The largest absolute Gasteiger partial charge is 0.396 e. The molecule has 3 aliphatic carbocycles. The van der Waals surface area contributed by atoms with Crippen molar-refractivity contribution in [3.8, 4) is 0 Å². The Morgan fingerprint density at radius 2 is 2.00 bits per heavy atom. The van der Waals surface area contributed by atoms with Crippen molar-refractivity contribution in [2.45, 2.75) is 82.7 Å². The smallest absolute Gasteiger partial charge is 0.247 e. The van der Waals surface area contributed by atoms with Gasteiger partial charge < -0.3 is 15.2 Å². The Morgan fingerprint density at radius 1 is 1.18 bits per heavy atom. The van der Waals surface area contributed by atoms with Crippen molar-refractivity contribution in [3.63, 3.8) is 0 Å². The van der Waals surface area contributed by atoms with Crippen LogP contribution in [0.15, 0.2) is 29.8 Å². The molecule has 1 amide bonds. The lowest BCUT2D eigenvalue weighted by atomic mass is 9.61. The number of ether oxygens (including phenoxy) is 1. The molecule has 3 heterocycles. The molecule has 4 fully saturated rings. The van der Waals surface area contributed by atoms with Crippen LogP contribution >= 0.6 is 0 Å². The summed E-state index contributed by atoms with van der Waals surface area (Å²) in [5.41, 5.74) is 4.68. The standard InChI is InChI=1S/C29H38N2O3/c1-16-18-13-17-7-3-4-8-19(17)24-21(14-18)27-25(22-15-30-28(33)26(22)24)20-9-5-6-10-23(20)31(27)29(2,34-16)11-12-32/h3-4,7-8,16,18,20-23,25,27,32H,5-6,9-15H2,1-2H3,(H,30,33). The molecule has 6 aliphatic rings. The first-order valence-electron chi connectivity index (χ1n) is 13.7. The molecule has 5 heteroatoms. The number of carbonyl (C=O) groups excluding carboxylic acids is 1. The Balaban J connectivity index is 1.51. The van der Waals surface area contributed by atoms with E-state index >= 15 is 0 Å². The molecule has 182 valence electrons. The van der Waals surface area contributed by atoms with Crippen LogP contribution in [0.2, 0.25) is 0 Å². The van der Waals surface area contributed by atoms with E-state index in [2.05, 4.69) is 48.3 Å². The van der Waals surface area contributed by atoms with E-state index < -0.39 is 5.72 Å². The minimum absolute atomic E-state index is 0.103. The quantitative estimate of drug-likeness (QED) is 0.703. The molecule has 0 aromatic heterocycles. The average molecular weight is 463 g/mol. The lowest BCUT2D eigenvalue weighted by Gasteiger charge is -2.54. The number of aliphatic hydroxyl groups is 1. The second-order valence-corrected chi connectivity index (χ2v) is 12.1. The van der Waals surface area contributed by atoms with E-state index in [1.807, 2.05) is 0 Å². The van der Waals surface area contributed by atoms with E-state index in [1.165, 1.54) is 42.4 Å². The van der Waals surface area contributed by atoms with E-state index in [4.69, 9.17) is 4.74 Å². The van der Waals surface area contributed by atoms with Crippen molar-refractivity contribution in [2.24, 2.45) is 29.6 Å². The van der Waals surface area contributed by atoms with E-state index in [1.54, 1.807) is 0 Å². The Morgan fingerprint density at radius 3 is 2.85 bits per heavy atom. The highest BCUT2D eigenvalue weighted by atomic mass is 16.5. The molecule has 1 saturated carbocycles. The number of fused-ring (bicyclic) bond motifs is 8.